The largest absolute Gasteiger partial charge is 0.393 e. The summed E-state index contributed by atoms with van der Waals surface area (Å²) in [6, 6.07) is 59.3. The molecule has 1 aliphatic rings. The molecule has 0 amide bonds. The van der Waals surface area contributed by atoms with Crippen molar-refractivity contribution in [3.63, 3.8) is 0 Å². The predicted octanol–water partition coefficient (Wildman–Crippen LogP) is 12.8. The van der Waals surface area contributed by atoms with Crippen LogP contribution in [0.2, 0.25) is 0 Å². The summed E-state index contributed by atoms with van der Waals surface area (Å²) in [5.41, 5.74) is 14.7. The van der Waals surface area contributed by atoms with Gasteiger partial charge in [-0.15, -0.1) is 71.0 Å². The third kappa shape index (κ3) is 6.24. The number of thiophene rings is 1. The summed E-state index contributed by atoms with van der Waals surface area (Å²) in [6.45, 7) is 2.25. The van der Waals surface area contributed by atoms with Crippen LogP contribution in [0.4, 0.5) is 11.4 Å². The second kappa shape index (κ2) is 14.5. The quantitative estimate of drug-likeness (QED) is 0.180. The number of anilines is 2. The molecule has 0 unspecified atom stereocenters. The van der Waals surface area contributed by atoms with Crippen LogP contribution in [0.5, 0.6) is 0 Å². The Morgan fingerprint density at radius 1 is 0.558 bits per heavy atom. The molecule has 6 aromatic carbocycles. The van der Waals surface area contributed by atoms with Gasteiger partial charge < -0.3 is 15.3 Å². The molecule has 0 atom stereocenters. The molecular weight excluding hydrogens is 831 g/mol. The first-order valence-electron chi connectivity index (χ1n) is 17.0. The maximum absolute atomic E-state index is 4.61. The van der Waals surface area contributed by atoms with E-state index in [1.807, 2.05) is 78.2 Å². The molecule has 4 heterocycles. The number of aromatic nitrogens is 2. The van der Waals surface area contributed by atoms with Gasteiger partial charge >= 0.3 is 0 Å². The molecule has 2 bridgehead atoms. The Balaban J connectivity index is 0.000000253. The topological polar surface area (TPSA) is 37.8 Å². The molecule has 1 N–H and O–H groups in total. The fourth-order valence-corrected chi connectivity index (χ4v) is 8.11. The van der Waals surface area contributed by atoms with Gasteiger partial charge in [-0.1, -0.05) is 90.5 Å². The number of benzene rings is 6. The van der Waals surface area contributed by atoms with Gasteiger partial charge in [0.2, 0.25) is 0 Å². The third-order valence-electron chi connectivity index (χ3n) is 9.44. The summed E-state index contributed by atoms with van der Waals surface area (Å²) >= 11 is 1.86. The Morgan fingerprint density at radius 2 is 1.25 bits per heavy atom. The molecule has 0 aliphatic carbocycles. The number of hydrogen-bond donors (Lipinski definition) is 1. The molecule has 3 nitrogen and oxygen atoms in total. The van der Waals surface area contributed by atoms with Gasteiger partial charge in [0.25, 0.3) is 0 Å². The average molecular weight is 862 g/mol. The normalized spacial score (nSPS) is 11.2. The maximum atomic E-state index is 4.61. The molecule has 3 aromatic heterocycles. The smallest absolute Gasteiger partial charge is 0.0589 e. The van der Waals surface area contributed by atoms with Crippen LogP contribution >= 0.6 is 11.3 Å². The van der Waals surface area contributed by atoms with Crippen LogP contribution in [0.3, 0.4) is 0 Å². The molecule has 0 fully saturated rings. The maximum Gasteiger partial charge on any atom is 0.0589 e. The van der Waals surface area contributed by atoms with E-state index in [-0.39, 0.29) is 20.1 Å². The SMILES string of the molecule is Cc1c2cc(-c3ccccc3)cc1-c1ccc3c(sc4ccccc43)c1Nc1c[c-]c(-c3ccccn3)cc1-2.[Ir].[c-]1ccccc1-c1ccccn1. The first kappa shape index (κ1) is 33.4. The van der Waals surface area contributed by atoms with E-state index < -0.39 is 0 Å². The minimum atomic E-state index is 0. The molecule has 10 rings (SSSR count). The van der Waals surface area contributed by atoms with Crippen molar-refractivity contribution in [3.05, 3.63) is 182 Å². The number of rotatable bonds is 3. The summed E-state index contributed by atoms with van der Waals surface area (Å²) in [5.74, 6) is 0. The minimum Gasteiger partial charge on any atom is -0.393 e. The van der Waals surface area contributed by atoms with Crippen molar-refractivity contribution in [2.75, 3.05) is 5.32 Å². The number of pyridine rings is 2. The average Bonchev–Trinajstić information content (AvgIpc) is 3.59. The Labute approximate surface area is 321 Å². The first-order chi connectivity index (χ1) is 25.2. The van der Waals surface area contributed by atoms with Crippen LogP contribution in [0, 0.1) is 19.1 Å². The number of nitrogens with one attached hydrogen (secondary N) is 1. The predicted molar refractivity (Wildman–Crippen MR) is 214 cm³/mol. The van der Waals surface area contributed by atoms with Crippen LogP contribution in [0.1, 0.15) is 5.56 Å². The van der Waals surface area contributed by atoms with Crippen molar-refractivity contribution in [1.29, 1.82) is 0 Å². The number of nitrogens with zero attached hydrogens (tertiary/aromatic N) is 2. The molecular formula is C47H31IrN3S-2. The molecule has 52 heavy (non-hydrogen) atoms. The van der Waals surface area contributed by atoms with Crippen LogP contribution < -0.4 is 5.32 Å². The van der Waals surface area contributed by atoms with Gasteiger partial charge in [-0.05, 0) is 82.1 Å². The monoisotopic (exact) mass is 862 g/mol. The van der Waals surface area contributed by atoms with Crippen LogP contribution in [-0.4, -0.2) is 9.97 Å². The van der Waals surface area contributed by atoms with Gasteiger partial charge in [0.15, 0.2) is 0 Å². The van der Waals surface area contributed by atoms with Crippen LogP contribution in [0.15, 0.2) is 164 Å². The van der Waals surface area contributed by atoms with E-state index in [0.717, 1.165) is 39.5 Å². The van der Waals surface area contributed by atoms with Gasteiger partial charge in [-0.25, -0.2) is 0 Å². The fraction of sp³-hybridized carbons (Fsp3) is 0.0213. The van der Waals surface area contributed by atoms with Crippen molar-refractivity contribution in [2.24, 2.45) is 0 Å². The summed E-state index contributed by atoms with van der Waals surface area (Å²) < 4.78 is 2.58. The molecule has 0 spiro atoms. The molecule has 9 aromatic rings. The van der Waals surface area contributed by atoms with Gasteiger partial charge in [0.1, 0.15) is 0 Å². The molecule has 5 heteroatoms. The molecule has 251 valence electrons. The van der Waals surface area contributed by atoms with E-state index >= 15 is 0 Å². The molecule has 0 saturated heterocycles. The fourth-order valence-electron chi connectivity index (χ4n) is 6.91. The van der Waals surface area contributed by atoms with Crippen molar-refractivity contribution in [2.45, 2.75) is 6.92 Å². The third-order valence-corrected chi connectivity index (χ3v) is 10.6. The van der Waals surface area contributed by atoms with E-state index in [1.54, 1.807) is 6.20 Å². The zero-order valence-corrected chi connectivity index (χ0v) is 31.4. The first-order valence-corrected chi connectivity index (χ1v) is 17.8. The van der Waals surface area contributed by atoms with E-state index in [0.29, 0.717) is 0 Å². The second-order valence-electron chi connectivity index (χ2n) is 12.5. The zero-order valence-electron chi connectivity index (χ0n) is 28.2. The molecule has 1 radical (unpaired) electrons. The molecule has 0 saturated carbocycles. The van der Waals surface area contributed by atoms with E-state index in [4.69, 9.17) is 0 Å². The van der Waals surface area contributed by atoms with Gasteiger partial charge in [-0.2, -0.15) is 0 Å². The van der Waals surface area contributed by atoms with Crippen LogP contribution in [-0.2, 0) is 20.1 Å². The summed E-state index contributed by atoms with van der Waals surface area (Å²) in [4.78, 5) is 8.83. The molecule has 1 aliphatic heterocycles. The minimum absolute atomic E-state index is 0. The van der Waals surface area contributed by atoms with E-state index in [2.05, 4.69) is 125 Å². The van der Waals surface area contributed by atoms with E-state index in [1.165, 1.54) is 53.6 Å². The Bertz CT molecular complexity index is 2620. The number of fused-ring (bicyclic) bond motifs is 10. The second-order valence-corrected chi connectivity index (χ2v) is 13.6. The summed E-state index contributed by atoms with van der Waals surface area (Å²) in [6.07, 6.45) is 3.63. The Morgan fingerprint density at radius 3 is 1.98 bits per heavy atom. The Kier molecular flexibility index (Phi) is 9.32. The summed E-state index contributed by atoms with van der Waals surface area (Å²) in [7, 11) is 0. The van der Waals surface area contributed by atoms with Crippen LogP contribution in [0.25, 0.3) is 76.1 Å². The van der Waals surface area contributed by atoms with Crippen molar-refractivity contribution < 1.29 is 20.1 Å². The van der Waals surface area contributed by atoms with Gasteiger partial charge in [0.05, 0.1) is 10.4 Å². The van der Waals surface area contributed by atoms with Gasteiger partial charge in [0, 0.05) is 53.5 Å². The standard InChI is InChI=1S/C36H23N2S.C11H8N.Ir/c1-22-29-20-25(23-9-3-2-4-10-23)21-30(22)31-19-24(32-12-7-8-18-37-32)14-17-33(31)38-35-27(29)15-16-28-26-11-5-6-13-34(26)39-36(28)35;1-2-6-10(7-3-1)11-8-4-5-9-12-11;/h2-13,15-21,38H,1H3;1-6,8-9H;/q2*-1;. The van der Waals surface area contributed by atoms with Crippen molar-refractivity contribution in [3.8, 4) is 55.9 Å². The number of hydrogen-bond acceptors (Lipinski definition) is 4. The van der Waals surface area contributed by atoms with Gasteiger partial charge in [-0.3, -0.25) is 0 Å². The van der Waals surface area contributed by atoms with E-state index in [9.17, 15) is 0 Å². The van der Waals surface area contributed by atoms with Crippen molar-refractivity contribution in [1.82, 2.24) is 9.97 Å². The zero-order chi connectivity index (χ0) is 34.1. The van der Waals surface area contributed by atoms with Crippen molar-refractivity contribution >= 4 is 42.9 Å². The summed E-state index contributed by atoms with van der Waals surface area (Å²) in [5, 5.41) is 6.47. The Hall–Kier alpha value is -5.71.